The summed E-state index contributed by atoms with van der Waals surface area (Å²) in [6.07, 6.45) is 4.75. The summed E-state index contributed by atoms with van der Waals surface area (Å²) in [7, 11) is 1.61. The third-order valence-electron chi connectivity index (χ3n) is 2.61. The van der Waals surface area contributed by atoms with E-state index in [0.717, 1.165) is 17.0 Å². The van der Waals surface area contributed by atoms with Crippen molar-refractivity contribution in [2.24, 2.45) is 4.99 Å². The van der Waals surface area contributed by atoms with Gasteiger partial charge in [0, 0.05) is 18.3 Å². The van der Waals surface area contributed by atoms with Crippen molar-refractivity contribution in [3.8, 4) is 5.75 Å². The van der Waals surface area contributed by atoms with Crippen LogP contribution in [0.4, 0.5) is 0 Å². The summed E-state index contributed by atoms with van der Waals surface area (Å²) in [6, 6.07) is 7.62. The largest absolute Gasteiger partial charge is 0.497 e. The van der Waals surface area contributed by atoms with E-state index in [-0.39, 0.29) is 5.70 Å². The first kappa shape index (κ1) is 12.8. The molecule has 0 spiro atoms. The molecule has 0 saturated heterocycles. The first-order valence-corrected chi connectivity index (χ1v) is 5.65. The molecule has 0 aromatic heterocycles. The zero-order valence-electron chi connectivity index (χ0n) is 10.4. The summed E-state index contributed by atoms with van der Waals surface area (Å²) < 4.78 is 5.08. The van der Waals surface area contributed by atoms with Crippen molar-refractivity contribution in [1.82, 2.24) is 5.32 Å². The Labute approximate surface area is 110 Å². The molecule has 1 aliphatic heterocycles. The van der Waals surface area contributed by atoms with Crippen LogP contribution in [0, 0.1) is 10.1 Å². The Bertz CT molecular complexity index is 559. The first-order valence-electron chi connectivity index (χ1n) is 5.65. The van der Waals surface area contributed by atoms with E-state index < -0.39 is 4.92 Å². The Hall–Kier alpha value is -2.63. The molecular formula is C13H13N3O3. The van der Waals surface area contributed by atoms with Gasteiger partial charge in [-0.15, -0.1) is 0 Å². The van der Waals surface area contributed by atoms with E-state index in [9.17, 15) is 10.1 Å². The van der Waals surface area contributed by atoms with Crippen LogP contribution in [0.25, 0.3) is 0 Å². The minimum absolute atomic E-state index is 0.0685. The van der Waals surface area contributed by atoms with Gasteiger partial charge in [-0.25, -0.2) is 0 Å². The van der Waals surface area contributed by atoms with Gasteiger partial charge in [-0.1, -0.05) is 12.1 Å². The van der Waals surface area contributed by atoms with Crippen LogP contribution in [0.2, 0.25) is 0 Å². The lowest BCUT2D eigenvalue weighted by Crippen LogP contribution is -2.10. The van der Waals surface area contributed by atoms with Gasteiger partial charge in [0.05, 0.1) is 18.2 Å². The number of nitrogens with zero attached hydrogens (tertiary/aromatic N) is 2. The molecule has 1 aliphatic rings. The third-order valence-corrected chi connectivity index (χ3v) is 2.61. The van der Waals surface area contributed by atoms with Crippen LogP contribution in [-0.2, 0) is 6.42 Å². The zero-order valence-corrected chi connectivity index (χ0v) is 10.4. The summed E-state index contributed by atoms with van der Waals surface area (Å²) >= 11 is 0. The lowest BCUT2D eigenvalue weighted by Gasteiger charge is -2.06. The highest BCUT2D eigenvalue weighted by Gasteiger charge is 2.09. The maximum absolute atomic E-state index is 10.6. The van der Waals surface area contributed by atoms with Crippen LogP contribution in [0.5, 0.6) is 5.75 Å². The second kappa shape index (κ2) is 5.81. The molecule has 0 aliphatic carbocycles. The molecule has 0 saturated carbocycles. The highest BCUT2D eigenvalue weighted by molar-refractivity contribution is 5.76. The third kappa shape index (κ3) is 3.41. The molecule has 6 heteroatoms. The normalized spacial score (nSPS) is 13.9. The Balaban J connectivity index is 2.06. The number of ether oxygens (including phenoxy) is 1. The molecule has 2 rings (SSSR count). The molecule has 19 heavy (non-hydrogen) atoms. The number of rotatable bonds is 4. The van der Waals surface area contributed by atoms with Crippen LogP contribution in [0.1, 0.15) is 5.56 Å². The molecule has 6 nitrogen and oxygen atoms in total. The van der Waals surface area contributed by atoms with Crippen LogP contribution >= 0.6 is 0 Å². The lowest BCUT2D eigenvalue weighted by molar-refractivity contribution is -0.414. The Morgan fingerprint density at radius 3 is 2.74 bits per heavy atom. The van der Waals surface area contributed by atoms with E-state index in [2.05, 4.69) is 10.3 Å². The molecule has 0 unspecified atom stereocenters. The number of methoxy groups -OCH3 is 1. The van der Waals surface area contributed by atoms with Gasteiger partial charge >= 0.3 is 5.70 Å². The predicted molar refractivity (Wildman–Crippen MR) is 71.5 cm³/mol. The van der Waals surface area contributed by atoms with Gasteiger partial charge < -0.3 is 10.1 Å². The molecule has 1 aromatic carbocycles. The molecule has 0 fully saturated rings. The Morgan fingerprint density at radius 2 is 2.11 bits per heavy atom. The van der Waals surface area contributed by atoms with Crippen LogP contribution in [-0.4, -0.2) is 18.2 Å². The second-order valence-corrected chi connectivity index (χ2v) is 3.93. The topological polar surface area (TPSA) is 76.8 Å². The molecule has 0 bridgehead atoms. The Kier molecular flexibility index (Phi) is 3.92. The number of nitrogens with one attached hydrogen (secondary N) is 1. The zero-order chi connectivity index (χ0) is 13.7. The first-order chi connectivity index (χ1) is 9.19. The summed E-state index contributed by atoms with van der Waals surface area (Å²) in [5, 5.41) is 13.5. The van der Waals surface area contributed by atoms with Crippen LogP contribution in [0.15, 0.2) is 53.1 Å². The van der Waals surface area contributed by atoms with E-state index in [1.807, 2.05) is 24.3 Å². The van der Waals surface area contributed by atoms with Crippen molar-refractivity contribution in [3.63, 3.8) is 0 Å². The van der Waals surface area contributed by atoms with E-state index in [1.165, 1.54) is 12.4 Å². The quantitative estimate of drug-likeness (QED) is 0.661. The van der Waals surface area contributed by atoms with Gasteiger partial charge in [0.2, 0.25) is 0 Å². The Morgan fingerprint density at radius 1 is 1.37 bits per heavy atom. The smallest absolute Gasteiger partial charge is 0.303 e. The summed E-state index contributed by atoms with van der Waals surface area (Å²) in [5.74, 6) is 0.792. The van der Waals surface area contributed by atoms with Crippen molar-refractivity contribution in [2.45, 2.75) is 6.42 Å². The number of benzene rings is 1. The molecule has 1 aromatic rings. The second-order valence-electron chi connectivity index (χ2n) is 3.93. The molecule has 0 amide bonds. The fourth-order valence-electron chi connectivity index (χ4n) is 1.60. The van der Waals surface area contributed by atoms with Crippen LogP contribution in [0.3, 0.4) is 0 Å². The van der Waals surface area contributed by atoms with Crippen molar-refractivity contribution in [2.75, 3.05) is 7.11 Å². The molecular weight excluding hydrogens is 246 g/mol. The summed E-state index contributed by atoms with van der Waals surface area (Å²) in [5.41, 5.74) is 1.78. The van der Waals surface area contributed by atoms with Gasteiger partial charge in [-0.05, 0) is 17.7 Å². The molecule has 98 valence electrons. The highest BCUT2D eigenvalue weighted by atomic mass is 16.6. The maximum atomic E-state index is 10.6. The number of hydrogen-bond acceptors (Lipinski definition) is 5. The molecule has 0 atom stereocenters. The van der Waals surface area contributed by atoms with E-state index in [0.29, 0.717) is 6.42 Å². The average Bonchev–Trinajstić information content (AvgIpc) is 2.65. The number of allylic oxidation sites excluding steroid dienone is 2. The minimum Gasteiger partial charge on any atom is -0.497 e. The standard InChI is InChI=1S/C13H13N3O3/c1-19-13-4-2-10(3-5-13)6-11-7-14-8-12(9-15-11)16(17)18/h2-5,7-9,15H,6H2,1H3. The van der Waals surface area contributed by atoms with Gasteiger partial charge in [0.15, 0.2) is 0 Å². The van der Waals surface area contributed by atoms with Gasteiger partial charge in [0.25, 0.3) is 0 Å². The van der Waals surface area contributed by atoms with Crippen molar-refractivity contribution >= 4 is 6.21 Å². The van der Waals surface area contributed by atoms with Crippen LogP contribution < -0.4 is 10.1 Å². The van der Waals surface area contributed by atoms with Crippen molar-refractivity contribution in [3.05, 3.63) is 63.7 Å². The van der Waals surface area contributed by atoms with Gasteiger partial charge in [-0.3, -0.25) is 15.1 Å². The number of hydrogen-bond donors (Lipinski definition) is 1. The SMILES string of the molecule is COc1ccc(CC2=CN=CC([N+](=O)[O-])=CN2)cc1. The fraction of sp³-hybridized carbons (Fsp3) is 0.154. The monoisotopic (exact) mass is 259 g/mol. The highest BCUT2D eigenvalue weighted by Crippen LogP contribution is 2.14. The summed E-state index contributed by atoms with van der Waals surface area (Å²) in [6.45, 7) is 0. The van der Waals surface area contributed by atoms with Gasteiger partial charge in [-0.2, -0.15) is 0 Å². The summed E-state index contributed by atoms with van der Waals surface area (Å²) in [4.78, 5) is 14.0. The number of aliphatic imine (C=N–C) groups is 1. The molecule has 1 N–H and O–H groups in total. The number of nitro groups is 1. The lowest BCUT2D eigenvalue weighted by atomic mass is 10.1. The van der Waals surface area contributed by atoms with Gasteiger partial charge in [0.1, 0.15) is 12.0 Å². The minimum atomic E-state index is -0.485. The van der Waals surface area contributed by atoms with E-state index in [1.54, 1.807) is 13.3 Å². The van der Waals surface area contributed by atoms with Crippen molar-refractivity contribution in [1.29, 1.82) is 0 Å². The molecule has 1 heterocycles. The maximum Gasteiger partial charge on any atom is 0.303 e. The average molecular weight is 259 g/mol. The van der Waals surface area contributed by atoms with E-state index >= 15 is 0 Å². The van der Waals surface area contributed by atoms with Crippen molar-refractivity contribution < 1.29 is 9.66 Å². The predicted octanol–water partition coefficient (Wildman–Crippen LogP) is 1.87. The molecule has 0 radical (unpaired) electrons. The van der Waals surface area contributed by atoms with E-state index in [4.69, 9.17) is 4.74 Å². The fourth-order valence-corrected chi connectivity index (χ4v) is 1.60.